The molecule has 2 heterocycles. The number of aliphatic hydroxyl groups is 1. The molecule has 198 valence electrons. The maximum Gasteiger partial charge on any atom is 0.295 e. The van der Waals surface area contributed by atoms with Gasteiger partial charge in [-0.15, -0.1) is 0 Å². The number of morpholine rings is 1. The first-order chi connectivity index (χ1) is 17.9. The smallest absolute Gasteiger partial charge is 0.295 e. The Balaban J connectivity index is 1.67. The van der Waals surface area contributed by atoms with E-state index >= 15 is 0 Å². The van der Waals surface area contributed by atoms with E-state index in [9.17, 15) is 14.7 Å². The zero-order valence-corrected chi connectivity index (χ0v) is 21.9. The lowest BCUT2D eigenvalue weighted by Gasteiger charge is -2.29. The summed E-state index contributed by atoms with van der Waals surface area (Å²) in [6, 6.07) is 11.9. The van der Waals surface area contributed by atoms with Crippen LogP contribution in [0.4, 0.5) is 0 Å². The largest absolute Gasteiger partial charge is 0.507 e. The molecule has 2 fully saturated rings. The van der Waals surface area contributed by atoms with Gasteiger partial charge >= 0.3 is 0 Å². The summed E-state index contributed by atoms with van der Waals surface area (Å²) in [6.45, 7) is 8.87. The van der Waals surface area contributed by atoms with E-state index in [0.29, 0.717) is 44.1 Å². The molecule has 1 amide bonds. The van der Waals surface area contributed by atoms with Crippen LogP contribution in [0.15, 0.2) is 48.0 Å². The molecule has 0 bridgehead atoms. The van der Waals surface area contributed by atoms with E-state index in [1.54, 1.807) is 42.3 Å². The van der Waals surface area contributed by atoms with Crippen LogP contribution in [0.1, 0.15) is 42.5 Å². The lowest BCUT2D eigenvalue weighted by atomic mass is 9.94. The van der Waals surface area contributed by atoms with Crippen molar-refractivity contribution in [2.45, 2.75) is 32.7 Å². The second kappa shape index (κ2) is 12.3. The number of hydrogen-bond acceptors (Lipinski definition) is 7. The summed E-state index contributed by atoms with van der Waals surface area (Å²) in [6.07, 6.45) is 1.60. The van der Waals surface area contributed by atoms with Gasteiger partial charge in [0.2, 0.25) is 0 Å². The average molecular weight is 509 g/mol. The van der Waals surface area contributed by atoms with Gasteiger partial charge in [-0.25, -0.2) is 0 Å². The van der Waals surface area contributed by atoms with Gasteiger partial charge in [-0.05, 0) is 61.2 Å². The molecule has 4 rings (SSSR count). The minimum atomic E-state index is -0.688. The van der Waals surface area contributed by atoms with Crippen molar-refractivity contribution in [3.05, 3.63) is 64.7 Å². The van der Waals surface area contributed by atoms with Gasteiger partial charge in [0.15, 0.2) is 0 Å². The number of carbonyl (C=O) groups excluding carboxylic acids is 2. The number of methoxy groups -OCH3 is 1. The van der Waals surface area contributed by atoms with Crippen molar-refractivity contribution in [2.24, 2.45) is 0 Å². The molecule has 2 aliphatic rings. The topological polar surface area (TPSA) is 88.5 Å². The van der Waals surface area contributed by atoms with Crippen LogP contribution in [0.25, 0.3) is 5.76 Å². The molecule has 1 atom stereocenters. The highest BCUT2D eigenvalue weighted by atomic mass is 16.5. The molecule has 0 aromatic heterocycles. The zero-order valence-electron chi connectivity index (χ0n) is 21.9. The number of ketones is 1. The van der Waals surface area contributed by atoms with E-state index in [1.807, 2.05) is 26.0 Å². The number of aliphatic hydroxyl groups excluding tert-OH is 1. The van der Waals surface area contributed by atoms with Crippen molar-refractivity contribution in [3.63, 3.8) is 0 Å². The number of benzene rings is 2. The predicted molar refractivity (Wildman–Crippen MR) is 141 cm³/mol. The first-order valence-corrected chi connectivity index (χ1v) is 12.9. The Labute approximate surface area is 218 Å². The number of likely N-dealkylation sites (tertiary alicyclic amines) is 1. The molecule has 2 saturated heterocycles. The van der Waals surface area contributed by atoms with E-state index < -0.39 is 17.7 Å². The van der Waals surface area contributed by atoms with Gasteiger partial charge in [0.25, 0.3) is 11.7 Å². The van der Waals surface area contributed by atoms with Gasteiger partial charge in [-0.2, -0.15) is 0 Å². The normalized spacial score (nSPS) is 19.9. The SMILES string of the molecule is CCCOc1ccc(/C(O)=C2/C(=O)C(=O)N(CCCN3CCOCC3)C2c2ccc(OC)cc2)cc1C. The summed E-state index contributed by atoms with van der Waals surface area (Å²) in [5, 5.41) is 11.4. The minimum Gasteiger partial charge on any atom is -0.507 e. The van der Waals surface area contributed by atoms with Crippen LogP contribution in [-0.2, 0) is 14.3 Å². The lowest BCUT2D eigenvalue weighted by molar-refractivity contribution is -0.140. The third kappa shape index (κ3) is 5.97. The van der Waals surface area contributed by atoms with Gasteiger partial charge in [0.05, 0.1) is 38.5 Å². The Morgan fingerprint density at radius 1 is 1.08 bits per heavy atom. The van der Waals surface area contributed by atoms with Gasteiger partial charge in [0.1, 0.15) is 17.3 Å². The molecule has 0 aliphatic carbocycles. The van der Waals surface area contributed by atoms with E-state index in [4.69, 9.17) is 14.2 Å². The van der Waals surface area contributed by atoms with Crippen molar-refractivity contribution >= 4 is 17.4 Å². The molecule has 1 unspecified atom stereocenters. The van der Waals surface area contributed by atoms with E-state index in [1.165, 1.54) is 0 Å². The highest BCUT2D eigenvalue weighted by Crippen LogP contribution is 2.40. The van der Waals surface area contributed by atoms with Crippen LogP contribution in [-0.4, -0.2) is 79.7 Å². The number of hydrogen-bond donors (Lipinski definition) is 1. The van der Waals surface area contributed by atoms with Crippen LogP contribution in [0.5, 0.6) is 11.5 Å². The van der Waals surface area contributed by atoms with Crippen LogP contribution in [0.2, 0.25) is 0 Å². The minimum absolute atomic E-state index is 0.100. The molecule has 0 spiro atoms. The quantitative estimate of drug-likeness (QED) is 0.295. The van der Waals surface area contributed by atoms with Crippen molar-refractivity contribution < 1.29 is 28.9 Å². The molecule has 2 aliphatic heterocycles. The number of carbonyl (C=O) groups is 2. The first kappa shape index (κ1) is 26.7. The molecule has 2 aromatic carbocycles. The van der Waals surface area contributed by atoms with Gasteiger partial charge in [0, 0.05) is 31.7 Å². The number of rotatable bonds is 10. The fraction of sp³-hybridized carbons (Fsp3) is 0.448. The summed E-state index contributed by atoms with van der Waals surface area (Å²) < 4.78 is 16.5. The van der Waals surface area contributed by atoms with Gasteiger partial charge in [-0.1, -0.05) is 19.1 Å². The third-order valence-corrected chi connectivity index (χ3v) is 6.86. The molecule has 1 N–H and O–H groups in total. The molecule has 2 aromatic rings. The number of ether oxygens (including phenoxy) is 3. The number of aryl methyl sites for hydroxylation is 1. The number of amides is 1. The Bertz CT molecular complexity index is 1140. The Morgan fingerprint density at radius 3 is 2.46 bits per heavy atom. The lowest BCUT2D eigenvalue weighted by Crippen LogP contribution is -2.38. The van der Waals surface area contributed by atoms with Gasteiger partial charge < -0.3 is 24.2 Å². The molecule has 0 saturated carbocycles. The second-order valence-corrected chi connectivity index (χ2v) is 9.40. The van der Waals surface area contributed by atoms with Crippen molar-refractivity contribution in [2.75, 3.05) is 53.1 Å². The average Bonchev–Trinajstić information content (AvgIpc) is 3.17. The molecule has 0 radical (unpaired) electrons. The fourth-order valence-corrected chi connectivity index (χ4v) is 4.86. The third-order valence-electron chi connectivity index (χ3n) is 6.86. The zero-order chi connectivity index (χ0) is 26.4. The molecule has 8 heteroatoms. The molecule has 8 nitrogen and oxygen atoms in total. The first-order valence-electron chi connectivity index (χ1n) is 12.9. The van der Waals surface area contributed by atoms with Crippen molar-refractivity contribution in [3.8, 4) is 11.5 Å². The summed E-state index contributed by atoms with van der Waals surface area (Å²) in [4.78, 5) is 30.4. The standard InChI is InChI=1S/C29H36N2O6/c1-4-16-37-24-11-8-22(19-20(24)2)27(32)25-26(21-6-9-23(35-3)10-7-21)31(29(34)28(25)33)13-5-12-30-14-17-36-18-15-30/h6-11,19,26,32H,4-5,12-18H2,1-3H3/b27-25-. The molecule has 37 heavy (non-hydrogen) atoms. The number of nitrogens with zero attached hydrogens (tertiary/aromatic N) is 2. The van der Waals surface area contributed by atoms with Crippen molar-refractivity contribution in [1.29, 1.82) is 0 Å². The fourth-order valence-electron chi connectivity index (χ4n) is 4.86. The Hall–Kier alpha value is -3.36. The summed E-state index contributed by atoms with van der Waals surface area (Å²) in [7, 11) is 1.59. The Morgan fingerprint density at radius 2 is 1.81 bits per heavy atom. The van der Waals surface area contributed by atoms with Crippen LogP contribution in [0, 0.1) is 6.92 Å². The summed E-state index contributed by atoms with van der Waals surface area (Å²) in [5.74, 6) is -0.0439. The van der Waals surface area contributed by atoms with Crippen LogP contribution >= 0.6 is 0 Å². The second-order valence-electron chi connectivity index (χ2n) is 9.40. The Kier molecular flexibility index (Phi) is 8.84. The summed E-state index contributed by atoms with van der Waals surface area (Å²) >= 11 is 0. The maximum absolute atomic E-state index is 13.3. The highest BCUT2D eigenvalue weighted by Gasteiger charge is 2.45. The summed E-state index contributed by atoms with van der Waals surface area (Å²) in [5.41, 5.74) is 2.17. The van der Waals surface area contributed by atoms with E-state index in [0.717, 1.165) is 42.9 Å². The monoisotopic (exact) mass is 508 g/mol. The highest BCUT2D eigenvalue weighted by molar-refractivity contribution is 6.46. The molecular formula is C29H36N2O6. The molecular weight excluding hydrogens is 472 g/mol. The predicted octanol–water partition coefficient (Wildman–Crippen LogP) is 3.94. The maximum atomic E-state index is 13.3. The van der Waals surface area contributed by atoms with E-state index in [-0.39, 0.29) is 11.3 Å². The van der Waals surface area contributed by atoms with Crippen LogP contribution < -0.4 is 9.47 Å². The van der Waals surface area contributed by atoms with E-state index in [2.05, 4.69) is 4.90 Å². The van der Waals surface area contributed by atoms with Crippen molar-refractivity contribution in [1.82, 2.24) is 9.80 Å². The van der Waals surface area contributed by atoms with Crippen LogP contribution in [0.3, 0.4) is 0 Å². The van der Waals surface area contributed by atoms with Gasteiger partial charge in [-0.3, -0.25) is 14.5 Å². The number of Topliss-reactive ketones (excluding diaryl/α,β-unsaturated/α-hetero) is 1.